The third-order valence-electron chi connectivity index (χ3n) is 4.86. The van der Waals surface area contributed by atoms with Gasteiger partial charge in [-0.1, -0.05) is 31.4 Å². The molecular weight excluding hydrogens is 280 g/mol. The number of para-hydroxylation sites is 1. The Labute approximate surface area is 131 Å². The minimum Gasteiger partial charge on any atom is -0.314 e. The van der Waals surface area contributed by atoms with Crippen LogP contribution in [0.3, 0.4) is 0 Å². The summed E-state index contributed by atoms with van der Waals surface area (Å²) in [5, 5.41) is 3.46. The van der Waals surface area contributed by atoms with Crippen LogP contribution in [0, 0.1) is 0 Å². The number of hydrogen-bond acceptors (Lipinski definition) is 3. The average Bonchev–Trinajstić information content (AvgIpc) is 2.55. The molecule has 3 rings (SSSR count). The summed E-state index contributed by atoms with van der Waals surface area (Å²) < 4.78 is 0. The Balaban J connectivity index is 1.77. The van der Waals surface area contributed by atoms with Crippen molar-refractivity contribution in [1.82, 2.24) is 5.32 Å². The van der Waals surface area contributed by atoms with E-state index in [2.05, 4.69) is 23.5 Å². The van der Waals surface area contributed by atoms with E-state index in [0.29, 0.717) is 6.42 Å². The highest BCUT2D eigenvalue weighted by Gasteiger charge is 2.35. The molecule has 0 spiro atoms. The fourth-order valence-corrected chi connectivity index (χ4v) is 4.55. The maximum absolute atomic E-state index is 12.9. The van der Waals surface area contributed by atoms with Crippen LogP contribution in [0.5, 0.6) is 0 Å². The van der Waals surface area contributed by atoms with E-state index in [1.807, 2.05) is 29.8 Å². The van der Waals surface area contributed by atoms with Gasteiger partial charge in [0, 0.05) is 29.2 Å². The largest absolute Gasteiger partial charge is 0.314 e. The summed E-state index contributed by atoms with van der Waals surface area (Å²) in [6.45, 7) is 0.834. The Morgan fingerprint density at radius 3 is 2.81 bits per heavy atom. The SMILES string of the molecule is CNC1(CC(=O)N2CCSc3ccccc32)CCCCC1. The predicted octanol–water partition coefficient (Wildman–Crippen LogP) is 3.44. The molecule has 1 amide bonds. The fraction of sp³-hybridized carbons (Fsp3) is 0.588. The lowest BCUT2D eigenvalue weighted by atomic mass is 9.79. The summed E-state index contributed by atoms with van der Waals surface area (Å²) in [5.41, 5.74) is 1.12. The molecule has 114 valence electrons. The van der Waals surface area contributed by atoms with E-state index in [-0.39, 0.29) is 11.4 Å². The lowest BCUT2D eigenvalue weighted by Gasteiger charge is -2.39. The Morgan fingerprint density at radius 2 is 2.05 bits per heavy atom. The molecule has 2 aliphatic rings. The van der Waals surface area contributed by atoms with E-state index in [0.717, 1.165) is 30.8 Å². The van der Waals surface area contributed by atoms with E-state index >= 15 is 0 Å². The van der Waals surface area contributed by atoms with Crippen LogP contribution < -0.4 is 10.2 Å². The third-order valence-corrected chi connectivity index (χ3v) is 5.90. The molecule has 1 heterocycles. The molecule has 1 N–H and O–H groups in total. The number of carbonyl (C=O) groups excluding carboxylic acids is 1. The summed E-state index contributed by atoms with van der Waals surface area (Å²) in [5.74, 6) is 1.27. The quantitative estimate of drug-likeness (QED) is 0.928. The molecule has 1 aromatic rings. The molecule has 0 unspecified atom stereocenters. The van der Waals surface area contributed by atoms with Gasteiger partial charge in [0.05, 0.1) is 5.69 Å². The van der Waals surface area contributed by atoms with Crippen molar-refractivity contribution >= 4 is 23.4 Å². The first kappa shape index (κ1) is 14.9. The third kappa shape index (κ3) is 3.11. The number of rotatable bonds is 3. The summed E-state index contributed by atoms with van der Waals surface area (Å²) in [7, 11) is 2.01. The van der Waals surface area contributed by atoms with E-state index in [4.69, 9.17) is 0 Å². The van der Waals surface area contributed by atoms with Crippen molar-refractivity contribution in [3.05, 3.63) is 24.3 Å². The maximum atomic E-state index is 12.9. The van der Waals surface area contributed by atoms with Crippen molar-refractivity contribution in [3.8, 4) is 0 Å². The standard InChI is InChI=1S/C17H24N2OS/c1-18-17(9-5-2-6-10-17)13-16(20)19-11-12-21-15-8-4-3-7-14(15)19/h3-4,7-8,18H,2,5-6,9-13H2,1H3. The van der Waals surface area contributed by atoms with E-state index in [9.17, 15) is 4.79 Å². The number of benzene rings is 1. The summed E-state index contributed by atoms with van der Waals surface area (Å²) in [6, 6.07) is 8.27. The van der Waals surface area contributed by atoms with Gasteiger partial charge in [0.2, 0.25) is 5.91 Å². The number of anilines is 1. The molecule has 0 aromatic heterocycles. The summed E-state index contributed by atoms with van der Waals surface area (Å²) >= 11 is 1.85. The van der Waals surface area contributed by atoms with Crippen molar-refractivity contribution in [2.24, 2.45) is 0 Å². The number of nitrogens with zero attached hydrogens (tertiary/aromatic N) is 1. The van der Waals surface area contributed by atoms with Crippen molar-refractivity contribution in [1.29, 1.82) is 0 Å². The molecule has 1 aromatic carbocycles. The highest BCUT2D eigenvalue weighted by molar-refractivity contribution is 7.99. The molecule has 21 heavy (non-hydrogen) atoms. The first-order valence-electron chi connectivity index (χ1n) is 7.95. The number of carbonyl (C=O) groups is 1. The monoisotopic (exact) mass is 304 g/mol. The molecule has 1 aliphatic carbocycles. The Kier molecular flexibility index (Phi) is 4.55. The minimum atomic E-state index is 0.0227. The molecule has 0 saturated heterocycles. The minimum absolute atomic E-state index is 0.0227. The molecule has 1 saturated carbocycles. The number of nitrogens with one attached hydrogen (secondary N) is 1. The van der Waals surface area contributed by atoms with E-state index in [1.54, 1.807) is 0 Å². The second kappa shape index (κ2) is 6.41. The fourth-order valence-electron chi connectivity index (χ4n) is 3.56. The maximum Gasteiger partial charge on any atom is 0.228 e. The number of thioether (sulfide) groups is 1. The van der Waals surface area contributed by atoms with Crippen molar-refractivity contribution < 1.29 is 4.79 Å². The normalized spacial score (nSPS) is 20.9. The molecule has 1 aliphatic heterocycles. The van der Waals surface area contributed by atoms with Gasteiger partial charge in [0.15, 0.2) is 0 Å². The summed E-state index contributed by atoms with van der Waals surface area (Å²) in [6.07, 6.45) is 6.66. The van der Waals surface area contributed by atoms with Crippen LogP contribution in [-0.4, -0.2) is 30.8 Å². The van der Waals surface area contributed by atoms with Gasteiger partial charge in [0.25, 0.3) is 0 Å². The predicted molar refractivity (Wildman–Crippen MR) is 89.0 cm³/mol. The molecule has 0 atom stereocenters. The van der Waals surface area contributed by atoms with Gasteiger partial charge in [-0.25, -0.2) is 0 Å². The van der Waals surface area contributed by atoms with Crippen LogP contribution in [0.4, 0.5) is 5.69 Å². The highest BCUT2D eigenvalue weighted by atomic mass is 32.2. The van der Waals surface area contributed by atoms with Gasteiger partial charge in [-0.15, -0.1) is 11.8 Å². The van der Waals surface area contributed by atoms with Crippen LogP contribution in [-0.2, 0) is 4.79 Å². The van der Waals surface area contributed by atoms with Gasteiger partial charge in [0.1, 0.15) is 0 Å². The van der Waals surface area contributed by atoms with E-state index in [1.165, 1.54) is 24.2 Å². The van der Waals surface area contributed by atoms with Crippen LogP contribution in [0.1, 0.15) is 38.5 Å². The van der Waals surface area contributed by atoms with Crippen LogP contribution in [0.25, 0.3) is 0 Å². The molecule has 1 fully saturated rings. The zero-order valence-electron chi connectivity index (χ0n) is 12.7. The highest BCUT2D eigenvalue weighted by Crippen LogP contribution is 2.37. The van der Waals surface area contributed by atoms with Crippen LogP contribution >= 0.6 is 11.8 Å². The molecule has 0 bridgehead atoms. The Bertz CT molecular complexity index is 511. The van der Waals surface area contributed by atoms with Crippen molar-refractivity contribution in [2.45, 2.75) is 49.0 Å². The number of hydrogen-bond donors (Lipinski definition) is 1. The van der Waals surface area contributed by atoms with Gasteiger partial charge < -0.3 is 10.2 Å². The smallest absolute Gasteiger partial charge is 0.228 e. The zero-order chi connectivity index (χ0) is 14.7. The Hall–Kier alpha value is -1.00. The second-order valence-electron chi connectivity index (χ2n) is 6.13. The van der Waals surface area contributed by atoms with Gasteiger partial charge >= 0.3 is 0 Å². The van der Waals surface area contributed by atoms with E-state index < -0.39 is 0 Å². The Morgan fingerprint density at radius 1 is 1.29 bits per heavy atom. The first-order valence-corrected chi connectivity index (χ1v) is 8.94. The van der Waals surface area contributed by atoms with Crippen molar-refractivity contribution in [3.63, 3.8) is 0 Å². The van der Waals surface area contributed by atoms with Gasteiger partial charge in [-0.05, 0) is 32.0 Å². The van der Waals surface area contributed by atoms with Crippen molar-refractivity contribution in [2.75, 3.05) is 24.2 Å². The molecule has 0 radical (unpaired) electrons. The molecule has 3 nitrogen and oxygen atoms in total. The summed E-state index contributed by atoms with van der Waals surface area (Å²) in [4.78, 5) is 16.1. The second-order valence-corrected chi connectivity index (χ2v) is 7.27. The zero-order valence-corrected chi connectivity index (χ0v) is 13.5. The molecular formula is C17H24N2OS. The number of fused-ring (bicyclic) bond motifs is 1. The average molecular weight is 304 g/mol. The number of amides is 1. The van der Waals surface area contributed by atoms with Crippen LogP contribution in [0.2, 0.25) is 0 Å². The topological polar surface area (TPSA) is 32.3 Å². The lowest BCUT2D eigenvalue weighted by Crippen LogP contribution is -2.49. The van der Waals surface area contributed by atoms with Gasteiger partial charge in [-0.2, -0.15) is 0 Å². The van der Waals surface area contributed by atoms with Crippen LogP contribution in [0.15, 0.2) is 29.2 Å². The lowest BCUT2D eigenvalue weighted by molar-refractivity contribution is -0.120. The first-order chi connectivity index (χ1) is 10.2. The molecule has 4 heteroatoms. The van der Waals surface area contributed by atoms with Gasteiger partial charge in [-0.3, -0.25) is 4.79 Å².